The van der Waals surface area contributed by atoms with Crippen molar-refractivity contribution in [1.82, 2.24) is 10.2 Å². The molecule has 1 amide bonds. The summed E-state index contributed by atoms with van der Waals surface area (Å²) in [6.45, 7) is 3.93. The number of hydrogen-bond acceptors (Lipinski definition) is 4. The van der Waals surface area contributed by atoms with Crippen LogP contribution in [0.4, 0.5) is 0 Å². The molecule has 2 fully saturated rings. The van der Waals surface area contributed by atoms with Crippen LogP contribution in [0.25, 0.3) is 0 Å². The fraction of sp³-hybridized carbons (Fsp3) is 0.632. The molecule has 0 radical (unpaired) electrons. The van der Waals surface area contributed by atoms with Gasteiger partial charge in [-0.15, -0.1) is 24.8 Å². The zero-order valence-electron chi connectivity index (χ0n) is 15.2. The van der Waals surface area contributed by atoms with Crippen LogP contribution >= 0.6 is 24.8 Å². The number of ether oxygens (including phenoxy) is 1. The van der Waals surface area contributed by atoms with Gasteiger partial charge in [-0.3, -0.25) is 9.69 Å². The van der Waals surface area contributed by atoms with Gasteiger partial charge < -0.3 is 15.8 Å². The second-order valence-corrected chi connectivity index (χ2v) is 7.03. The molecule has 2 aliphatic rings. The lowest BCUT2D eigenvalue weighted by Gasteiger charge is -2.43. The number of nitrogens with two attached hydrogens (primary N) is 1. The van der Waals surface area contributed by atoms with Gasteiger partial charge in [-0.25, -0.2) is 0 Å². The smallest absolute Gasteiger partial charge is 0.221 e. The van der Waals surface area contributed by atoms with Gasteiger partial charge in [-0.1, -0.05) is 43.2 Å². The van der Waals surface area contributed by atoms with Gasteiger partial charge in [0.25, 0.3) is 0 Å². The Morgan fingerprint density at radius 2 is 1.77 bits per heavy atom. The van der Waals surface area contributed by atoms with Crippen molar-refractivity contribution in [2.75, 3.05) is 32.8 Å². The van der Waals surface area contributed by atoms with E-state index < -0.39 is 0 Å². The van der Waals surface area contributed by atoms with Crippen molar-refractivity contribution in [2.24, 2.45) is 5.73 Å². The molecule has 0 bridgehead atoms. The van der Waals surface area contributed by atoms with Crippen LogP contribution in [0.3, 0.4) is 0 Å². The molecule has 1 heterocycles. The largest absolute Gasteiger partial charge is 0.379 e. The summed E-state index contributed by atoms with van der Waals surface area (Å²) in [4.78, 5) is 15.0. The zero-order chi connectivity index (χ0) is 16.8. The van der Waals surface area contributed by atoms with E-state index >= 15 is 0 Å². The maximum atomic E-state index is 12.6. The molecule has 1 aromatic rings. The van der Waals surface area contributed by atoms with Crippen LogP contribution in [0.2, 0.25) is 0 Å². The first-order chi connectivity index (χ1) is 11.7. The van der Waals surface area contributed by atoms with Crippen LogP contribution in [0.1, 0.15) is 43.7 Å². The molecule has 3 rings (SSSR count). The van der Waals surface area contributed by atoms with Gasteiger partial charge in [0.2, 0.25) is 5.91 Å². The van der Waals surface area contributed by atoms with E-state index in [4.69, 9.17) is 10.5 Å². The molecule has 26 heavy (non-hydrogen) atoms. The Morgan fingerprint density at radius 3 is 2.38 bits per heavy atom. The quantitative estimate of drug-likeness (QED) is 0.765. The molecule has 0 spiro atoms. The SMILES string of the molecule is Cl.Cl.NC(CNC(=O)CC1(N2CCOCC2)CCCC1)c1ccccc1. The van der Waals surface area contributed by atoms with Crippen molar-refractivity contribution in [3.63, 3.8) is 0 Å². The van der Waals surface area contributed by atoms with Crippen molar-refractivity contribution in [2.45, 2.75) is 43.7 Å². The molecular formula is C19H31Cl2N3O2. The number of carbonyl (C=O) groups is 1. The zero-order valence-corrected chi connectivity index (χ0v) is 16.8. The van der Waals surface area contributed by atoms with E-state index in [1.807, 2.05) is 30.3 Å². The minimum absolute atomic E-state index is 0. The maximum absolute atomic E-state index is 12.6. The maximum Gasteiger partial charge on any atom is 0.221 e. The van der Waals surface area contributed by atoms with Gasteiger partial charge in [-0.05, 0) is 18.4 Å². The van der Waals surface area contributed by atoms with Crippen molar-refractivity contribution in [3.8, 4) is 0 Å². The Hall–Kier alpha value is -0.850. The first-order valence-corrected chi connectivity index (χ1v) is 9.10. The lowest BCUT2D eigenvalue weighted by atomic mass is 9.90. The Morgan fingerprint density at radius 1 is 1.15 bits per heavy atom. The van der Waals surface area contributed by atoms with Crippen LogP contribution in [-0.2, 0) is 9.53 Å². The lowest BCUT2D eigenvalue weighted by Crippen LogP contribution is -2.54. The number of nitrogens with one attached hydrogen (secondary N) is 1. The van der Waals surface area contributed by atoms with E-state index in [1.165, 1.54) is 12.8 Å². The molecule has 1 aliphatic carbocycles. The molecule has 1 aromatic carbocycles. The average Bonchev–Trinajstić information content (AvgIpc) is 3.11. The predicted octanol–water partition coefficient (Wildman–Crippen LogP) is 2.68. The first-order valence-electron chi connectivity index (χ1n) is 9.10. The fourth-order valence-electron chi connectivity index (χ4n) is 4.08. The van der Waals surface area contributed by atoms with Gasteiger partial charge in [-0.2, -0.15) is 0 Å². The van der Waals surface area contributed by atoms with Crippen LogP contribution in [0.5, 0.6) is 0 Å². The number of rotatable bonds is 6. The molecule has 1 unspecified atom stereocenters. The number of morpholine rings is 1. The van der Waals surface area contributed by atoms with Crippen LogP contribution in [-0.4, -0.2) is 49.2 Å². The molecule has 148 valence electrons. The summed E-state index contributed by atoms with van der Waals surface area (Å²) in [7, 11) is 0. The summed E-state index contributed by atoms with van der Waals surface area (Å²) in [5, 5.41) is 3.05. The number of benzene rings is 1. The van der Waals surface area contributed by atoms with E-state index in [2.05, 4.69) is 10.2 Å². The van der Waals surface area contributed by atoms with Gasteiger partial charge in [0, 0.05) is 37.6 Å². The minimum atomic E-state index is -0.155. The summed E-state index contributed by atoms with van der Waals surface area (Å²) < 4.78 is 5.48. The van der Waals surface area contributed by atoms with Crippen LogP contribution < -0.4 is 11.1 Å². The number of carbonyl (C=O) groups excluding carboxylic acids is 1. The molecule has 1 saturated heterocycles. The third kappa shape index (κ3) is 5.83. The van der Waals surface area contributed by atoms with Crippen molar-refractivity contribution >= 4 is 30.7 Å². The molecular weight excluding hydrogens is 373 g/mol. The van der Waals surface area contributed by atoms with Crippen molar-refractivity contribution in [3.05, 3.63) is 35.9 Å². The normalized spacial score (nSPS) is 20.5. The Labute approximate surface area is 168 Å². The summed E-state index contributed by atoms with van der Waals surface area (Å²) in [5.41, 5.74) is 7.27. The molecule has 5 nitrogen and oxygen atoms in total. The monoisotopic (exact) mass is 403 g/mol. The second kappa shape index (κ2) is 11.1. The predicted molar refractivity (Wildman–Crippen MR) is 109 cm³/mol. The highest BCUT2D eigenvalue weighted by molar-refractivity contribution is 5.85. The number of nitrogens with zero attached hydrogens (tertiary/aromatic N) is 1. The summed E-state index contributed by atoms with van der Waals surface area (Å²) in [6.07, 6.45) is 5.24. The molecule has 1 saturated carbocycles. The van der Waals surface area contributed by atoms with Crippen LogP contribution in [0, 0.1) is 0 Å². The summed E-state index contributed by atoms with van der Waals surface area (Å²) >= 11 is 0. The van der Waals surface area contributed by atoms with E-state index in [9.17, 15) is 4.79 Å². The third-order valence-corrected chi connectivity index (χ3v) is 5.45. The van der Waals surface area contributed by atoms with E-state index in [1.54, 1.807) is 0 Å². The van der Waals surface area contributed by atoms with Crippen LogP contribution in [0.15, 0.2) is 30.3 Å². The highest BCUT2D eigenvalue weighted by atomic mass is 35.5. The van der Waals surface area contributed by atoms with Crippen molar-refractivity contribution < 1.29 is 9.53 Å². The first kappa shape index (κ1) is 23.2. The highest BCUT2D eigenvalue weighted by Gasteiger charge is 2.41. The lowest BCUT2D eigenvalue weighted by molar-refractivity contribution is -0.125. The van der Waals surface area contributed by atoms with E-state index in [0.29, 0.717) is 13.0 Å². The Kier molecular flexibility index (Phi) is 9.90. The van der Waals surface area contributed by atoms with Gasteiger partial charge in [0.05, 0.1) is 13.2 Å². The molecule has 1 aliphatic heterocycles. The summed E-state index contributed by atoms with van der Waals surface area (Å²) in [6, 6.07) is 9.77. The topological polar surface area (TPSA) is 67.6 Å². The average molecular weight is 404 g/mol. The fourth-order valence-corrected chi connectivity index (χ4v) is 4.08. The molecule has 1 atom stereocenters. The third-order valence-electron chi connectivity index (χ3n) is 5.45. The number of amides is 1. The second-order valence-electron chi connectivity index (χ2n) is 7.03. The molecule has 7 heteroatoms. The summed E-state index contributed by atoms with van der Waals surface area (Å²) in [5.74, 6) is 0.120. The standard InChI is InChI=1S/C19H29N3O2.2ClH/c20-17(16-6-2-1-3-7-16)15-21-18(23)14-19(8-4-5-9-19)22-10-12-24-13-11-22;;/h1-3,6-7,17H,4-5,8-15,20H2,(H,21,23);2*1H. The Balaban J connectivity index is 0.00000169. The van der Waals surface area contributed by atoms with Crippen molar-refractivity contribution in [1.29, 1.82) is 0 Å². The Bertz CT molecular complexity index is 533. The van der Waals surface area contributed by atoms with Gasteiger partial charge in [0.1, 0.15) is 0 Å². The van der Waals surface area contributed by atoms with Gasteiger partial charge in [0.15, 0.2) is 0 Å². The number of halogens is 2. The highest BCUT2D eigenvalue weighted by Crippen LogP contribution is 2.38. The number of hydrogen-bond donors (Lipinski definition) is 2. The van der Waals surface area contributed by atoms with E-state index in [-0.39, 0.29) is 42.3 Å². The van der Waals surface area contributed by atoms with E-state index in [0.717, 1.165) is 44.7 Å². The van der Waals surface area contributed by atoms with Gasteiger partial charge >= 0.3 is 0 Å². The minimum Gasteiger partial charge on any atom is -0.379 e. The molecule has 0 aromatic heterocycles. The molecule has 3 N–H and O–H groups in total.